The van der Waals surface area contributed by atoms with E-state index in [1.807, 2.05) is 6.92 Å². The molecule has 0 aliphatic rings. The lowest BCUT2D eigenvalue weighted by Gasteiger charge is -2.29. The summed E-state index contributed by atoms with van der Waals surface area (Å²) in [6, 6.07) is 0. The van der Waals surface area contributed by atoms with Crippen LogP contribution in [0.1, 0.15) is 32.5 Å². The summed E-state index contributed by atoms with van der Waals surface area (Å²) in [6.07, 6.45) is 2.49. The van der Waals surface area contributed by atoms with Gasteiger partial charge in [-0.2, -0.15) is 4.37 Å². The zero-order chi connectivity index (χ0) is 12.0. The Balaban J connectivity index is 2.69. The van der Waals surface area contributed by atoms with Gasteiger partial charge in [0.15, 0.2) is 0 Å². The van der Waals surface area contributed by atoms with Gasteiger partial charge < -0.3 is 15.5 Å². The van der Waals surface area contributed by atoms with E-state index >= 15 is 0 Å². The molecule has 0 aliphatic heterocycles. The van der Waals surface area contributed by atoms with Gasteiger partial charge in [0.05, 0.1) is 18.8 Å². The van der Waals surface area contributed by atoms with Crippen molar-refractivity contribution in [3.8, 4) is 0 Å². The molecule has 0 amide bonds. The number of nitrogens with zero attached hydrogens (tertiary/aromatic N) is 2. The van der Waals surface area contributed by atoms with Crippen LogP contribution in [0.4, 0.5) is 5.13 Å². The molecule has 3 N–H and O–H groups in total. The van der Waals surface area contributed by atoms with Gasteiger partial charge in [0.25, 0.3) is 0 Å². The van der Waals surface area contributed by atoms with Gasteiger partial charge in [0, 0.05) is 18.0 Å². The van der Waals surface area contributed by atoms with Gasteiger partial charge in [-0.1, -0.05) is 13.8 Å². The molecule has 5 nitrogen and oxygen atoms in total. The van der Waals surface area contributed by atoms with Crippen molar-refractivity contribution in [2.24, 2.45) is 0 Å². The molecule has 0 unspecified atom stereocenters. The Morgan fingerprint density at radius 2 is 2.00 bits per heavy atom. The van der Waals surface area contributed by atoms with E-state index in [2.05, 4.69) is 21.6 Å². The van der Waals surface area contributed by atoms with Gasteiger partial charge in [0.2, 0.25) is 5.13 Å². The third-order valence-electron chi connectivity index (χ3n) is 2.60. The van der Waals surface area contributed by atoms with Gasteiger partial charge >= 0.3 is 0 Å². The van der Waals surface area contributed by atoms with Crippen molar-refractivity contribution >= 4 is 16.7 Å². The molecule has 16 heavy (non-hydrogen) atoms. The lowest BCUT2D eigenvalue weighted by molar-refractivity contribution is 0.132. The van der Waals surface area contributed by atoms with Crippen LogP contribution in [-0.4, -0.2) is 38.3 Å². The lowest BCUT2D eigenvalue weighted by atomic mass is 9.99. The van der Waals surface area contributed by atoms with Crippen molar-refractivity contribution in [1.82, 2.24) is 9.36 Å². The maximum atomic E-state index is 9.28. The quantitative estimate of drug-likeness (QED) is 0.669. The molecule has 92 valence electrons. The highest BCUT2D eigenvalue weighted by Crippen LogP contribution is 2.20. The first kappa shape index (κ1) is 13.3. The Morgan fingerprint density at radius 3 is 2.50 bits per heavy atom. The lowest BCUT2D eigenvalue weighted by Crippen LogP contribution is -2.45. The number of nitrogens with one attached hydrogen (secondary N) is 1. The molecular formula is C10H19N3O2S. The summed E-state index contributed by atoms with van der Waals surface area (Å²) in [5.41, 5.74) is -0.691. The van der Waals surface area contributed by atoms with Crippen LogP contribution in [0.2, 0.25) is 0 Å². The van der Waals surface area contributed by atoms with Crippen molar-refractivity contribution in [1.29, 1.82) is 0 Å². The molecule has 0 radical (unpaired) electrons. The van der Waals surface area contributed by atoms with Crippen LogP contribution in [0.5, 0.6) is 0 Å². The first-order chi connectivity index (χ1) is 7.69. The van der Waals surface area contributed by atoms with E-state index in [1.165, 1.54) is 11.5 Å². The van der Waals surface area contributed by atoms with E-state index in [9.17, 15) is 10.2 Å². The minimum atomic E-state index is -0.691. The molecule has 0 bridgehead atoms. The van der Waals surface area contributed by atoms with Gasteiger partial charge in [0.1, 0.15) is 5.82 Å². The fraction of sp³-hybridized carbons (Fsp3) is 0.800. The molecule has 0 fully saturated rings. The van der Waals surface area contributed by atoms with Crippen molar-refractivity contribution < 1.29 is 10.2 Å². The average molecular weight is 245 g/mol. The molecule has 0 aliphatic carbocycles. The third-order valence-corrected chi connectivity index (χ3v) is 3.26. The normalized spacial score (nSPS) is 11.8. The molecule has 1 aromatic rings. The van der Waals surface area contributed by atoms with E-state index in [4.69, 9.17) is 0 Å². The van der Waals surface area contributed by atoms with E-state index in [1.54, 1.807) is 0 Å². The van der Waals surface area contributed by atoms with Crippen LogP contribution in [0.15, 0.2) is 0 Å². The van der Waals surface area contributed by atoms with E-state index < -0.39 is 5.54 Å². The van der Waals surface area contributed by atoms with Crippen LogP contribution in [0.25, 0.3) is 0 Å². The fourth-order valence-corrected chi connectivity index (χ4v) is 2.03. The second-order valence-corrected chi connectivity index (χ2v) is 4.59. The number of aryl methyl sites for hydroxylation is 1. The Kier molecular flexibility index (Phi) is 5.11. The van der Waals surface area contributed by atoms with Gasteiger partial charge in [-0.15, -0.1) is 0 Å². The van der Waals surface area contributed by atoms with E-state index in [-0.39, 0.29) is 13.2 Å². The second kappa shape index (κ2) is 6.12. The zero-order valence-electron chi connectivity index (χ0n) is 9.73. The number of aliphatic hydroxyl groups excluding tert-OH is 2. The molecule has 0 saturated carbocycles. The van der Waals surface area contributed by atoms with Crippen LogP contribution >= 0.6 is 11.5 Å². The largest absolute Gasteiger partial charge is 0.394 e. The number of rotatable bonds is 7. The van der Waals surface area contributed by atoms with E-state index in [0.29, 0.717) is 11.6 Å². The molecule has 6 heteroatoms. The van der Waals surface area contributed by atoms with Crippen LogP contribution < -0.4 is 5.32 Å². The first-order valence-electron chi connectivity index (χ1n) is 5.52. The Labute approximate surface area is 99.7 Å². The molecule has 0 saturated heterocycles. The summed E-state index contributed by atoms with van der Waals surface area (Å²) < 4.78 is 4.20. The molecule has 1 heterocycles. The molecule has 0 atom stereocenters. The van der Waals surface area contributed by atoms with Crippen LogP contribution in [0, 0.1) is 0 Å². The van der Waals surface area contributed by atoms with E-state index in [0.717, 1.165) is 18.7 Å². The first-order valence-corrected chi connectivity index (χ1v) is 6.29. The van der Waals surface area contributed by atoms with Crippen molar-refractivity contribution in [3.05, 3.63) is 5.82 Å². The van der Waals surface area contributed by atoms with Crippen LogP contribution in [-0.2, 0) is 6.42 Å². The summed E-state index contributed by atoms with van der Waals surface area (Å²) in [5, 5.41) is 22.3. The monoisotopic (exact) mass is 245 g/mol. The van der Waals surface area contributed by atoms with Gasteiger partial charge in [-0.05, 0) is 12.8 Å². The smallest absolute Gasteiger partial charge is 0.203 e. The number of aromatic nitrogens is 2. The molecule has 1 aromatic heterocycles. The third kappa shape index (κ3) is 3.13. The van der Waals surface area contributed by atoms with Crippen molar-refractivity contribution in [2.75, 3.05) is 18.5 Å². The molecular weight excluding hydrogens is 226 g/mol. The predicted octanol–water partition coefficient (Wildman–Crippen LogP) is 1.04. The summed E-state index contributed by atoms with van der Waals surface area (Å²) >= 11 is 1.27. The molecule has 0 aromatic carbocycles. The van der Waals surface area contributed by atoms with Gasteiger partial charge in [-0.25, -0.2) is 4.98 Å². The highest BCUT2D eigenvalue weighted by molar-refractivity contribution is 7.09. The topological polar surface area (TPSA) is 78.3 Å². The number of hydrogen-bond donors (Lipinski definition) is 3. The highest BCUT2D eigenvalue weighted by Gasteiger charge is 2.27. The average Bonchev–Trinajstić information content (AvgIpc) is 2.74. The Hall–Kier alpha value is -0.720. The standard InChI is InChI=1S/C10H19N3O2S/c1-3-5-8-11-9(16-13-8)12-10(4-2,6-14)7-15/h14-15H,3-7H2,1-2H3,(H,11,12,13). The summed E-state index contributed by atoms with van der Waals surface area (Å²) in [5.74, 6) is 0.816. The summed E-state index contributed by atoms with van der Waals surface area (Å²) in [7, 11) is 0. The zero-order valence-corrected chi connectivity index (χ0v) is 10.5. The Bertz CT molecular complexity index is 305. The second-order valence-electron chi connectivity index (χ2n) is 3.84. The minimum absolute atomic E-state index is 0.122. The predicted molar refractivity (Wildman–Crippen MR) is 64.7 cm³/mol. The highest BCUT2D eigenvalue weighted by atomic mass is 32.1. The van der Waals surface area contributed by atoms with Gasteiger partial charge in [-0.3, -0.25) is 0 Å². The number of hydrogen-bond acceptors (Lipinski definition) is 6. The maximum absolute atomic E-state index is 9.28. The molecule has 0 spiro atoms. The molecule has 1 rings (SSSR count). The SMILES string of the molecule is CCCc1nsc(NC(CC)(CO)CO)n1. The summed E-state index contributed by atoms with van der Waals surface area (Å²) in [4.78, 5) is 4.30. The Morgan fingerprint density at radius 1 is 1.31 bits per heavy atom. The van der Waals surface area contributed by atoms with Crippen molar-refractivity contribution in [2.45, 2.75) is 38.6 Å². The van der Waals surface area contributed by atoms with Crippen molar-refractivity contribution in [3.63, 3.8) is 0 Å². The maximum Gasteiger partial charge on any atom is 0.203 e. The number of aliphatic hydroxyl groups is 2. The fourth-order valence-electron chi connectivity index (χ4n) is 1.30. The minimum Gasteiger partial charge on any atom is -0.394 e. The number of anilines is 1. The summed E-state index contributed by atoms with van der Waals surface area (Å²) in [6.45, 7) is 3.74. The van der Waals surface area contributed by atoms with Crippen LogP contribution in [0.3, 0.4) is 0 Å².